The number of hydrogen-bond donors (Lipinski definition) is 1. The summed E-state index contributed by atoms with van der Waals surface area (Å²) in [6, 6.07) is 5.10. The van der Waals surface area contributed by atoms with Crippen molar-refractivity contribution in [2.75, 3.05) is 13.1 Å². The Hall–Kier alpha value is -1.42. The quantitative estimate of drug-likeness (QED) is 0.882. The number of aromatic nitrogens is 2. The van der Waals surface area contributed by atoms with Crippen molar-refractivity contribution < 1.29 is 4.39 Å². The molecule has 2 aromatic rings. The molecular formula is C14H18FN3. The first-order valence-electron chi connectivity index (χ1n) is 6.56. The molecule has 1 aliphatic heterocycles. The van der Waals surface area contributed by atoms with Crippen molar-refractivity contribution in [2.45, 2.75) is 19.3 Å². The fourth-order valence-corrected chi connectivity index (χ4v) is 2.80. The van der Waals surface area contributed by atoms with Crippen LogP contribution in [-0.2, 0) is 13.5 Å². The van der Waals surface area contributed by atoms with Crippen LogP contribution in [0.5, 0.6) is 0 Å². The van der Waals surface area contributed by atoms with Gasteiger partial charge in [0.1, 0.15) is 17.2 Å². The number of rotatable bonds is 2. The molecule has 0 bridgehead atoms. The molecule has 0 aliphatic carbocycles. The Bertz CT molecular complexity index is 555. The lowest BCUT2D eigenvalue weighted by Gasteiger charge is -2.22. The number of halogens is 1. The number of aryl methyl sites for hydroxylation is 1. The van der Waals surface area contributed by atoms with Crippen LogP contribution in [0, 0.1) is 11.7 Å². The molecule has 1 fully saturated rings. The number of nitrogens with one attached hydrogen (secondary N) is 1. The highest BCUT2D eigenvalue weighted by Gasteiger charge is 2.18. The van der Waals surface area contributed by atoms with Gasteiger partial charge in [-0.15, -0.1) is 0 Å². The molecule has 1 saturated heterocycles. The van der Waals surface area contributed by atoms with E-state index in [1.165, 1.54) is 18.9 Å². The number of hydrogen-bond acceptors (Lipinski definition) is 2. The molecule has 0 unspecified atom stereocenters. The van der Waals surface area contributed by atoms with Crippen molar-refractivity contribution >= 4 is 11.0 Å². The highest BCUT2D eigenvalue weighted by atomic mass is 19.1. The van der Waals surface area contributed by atoms with Crippen LogP contribution in [0.4, 0.5) is 4.39 Å². The van der Waals surface area contributed by atoms with Crippen molar-refractivity contribution in [3.05, 3.63) is 29.8 Å². The minimum Gasteiger partial charge on any atom is -0.329 e. The minimum absolute atomic E-state index is 0.181. The lowest BCUT2D eigenvalue weighted by atomic mass is 9.94. The highest BCUT2D eigenvalue weighted by Crippen LogP contribution is 2.22. The third kappa shape index (κ3) is 2.01. The van der Waals surface area contributed by atoms with Crippen LogP contribution in [0.25, 0.3) is 11.0 Å². The molecule has 0 atom stereocenters. The van der Waals surface area contributed by atoms with Crippen molar-refractivity contribution in [3.63, 3.8) is 0 Å². The van der Waals surface area contributed by atoms with Gasteiger partial charge in [-0.05, 0) is 44.0 Å². The molecule has 1 aromatic carbocycles. The maximum Gasteiger partial charge on any atom is 0.149 e. The van der Waals surface area contributed by atoms with E-state index in [2.05, 4.69) is 10.3 Å². The number of para-hydroxylation sites is 1. The Kier molecular flexibility index (Phi) is 3.04. The Morgan fingerprint density at radius 2 is 2.17 bits per heavy atom. The maximum atomic E-state index is 13.8. The fourth-order valence-electron chi connectivity index (χ4n) is 2.80. The predicted molar refractivity (Wildman–Crippen MR) is 70.0 cm³/mol. The normalized spacial score (nSPS) is 17.4. The summed E-state index contributed by atoms with van der Waals surface area (Å²) >= 11 is 0. The molecule has 0 radical (unpaired) electrons. The summed E-state index contributed by atoms with van der Waals surface area (Å²) in [6.07, 6.45) is 3.32. The zero-order chi connectivity index (χ0) is 12.5. The largest absolute Gasteiger partial charge is 0.329 e. The van der Waals surface area contributed by atoms with E-state index in [0.717, 1.165) is 30.9 Å². The van der Waals surface area contributed by atoms with E-state index in [-0.39, 0.29) is 5.82 Å². The van der Waals surface area contributed by atoms with E-state index in [4.69, 9.17) is 0 Å². The SMILES string of the molecule is Cn1c(CC2CCNCC2)nc2cccc(F)c21. The summed E-state index contributed by atoms with van der Waals surface area (Å²) in [5, 5.41) is 3.36. The van der Waals surface area contributed by atoms with Crippen LogP contribution in [0.3, 0.4) is 0 Å². The fraction of sp³-hybridized carbons (Fsp3) is 0.500. The number of fused-ring (bicyclic) bond motifs is 1. The summed E-state index contributed by atoms with van der Waals surface area (Å²) in [6.45, 7) is 2.17. The Labute approximate surface area is 106 Å². The molecule has 0 amide bonds. The highest BCUT2D eigenvalue weighted by molar-refractivity contribution is 5.76. The molecule has 3 nitrogen and oxygen atoms in total. The summed E-state index contributed by atoms with van der Waals surface area (Å²) in [7, 11) is 1.91. The molecule has 3 rings (SSSR count). The second-order valence-electron chi connectivity index (χ2n) is 5.09. The van der Waals surface area contributed by atoms with E-state index in [0.29, 0.717) is 11.4 Å². The van der Waals surface area contributed by atoms with E-state index in [1.807, 2.05) is 17.7 Å². The van der Waals surface area contributed by atoms with Gasteiger partial charge in [0.25, 0.3) is 0 Å². The average Bonchev–Trinajstić information content (AvgIpc) is 2.69. The van der Waals surface area contributed by atoms with Crippen molar-refractivity contribution in [1.29, 1.82) is 0 Å². The molecule has 1 aliphatic rings. The van der Waals surface area contributed by atoms with Crippen LogP contribution in [-0.4, -0.2) is 22.6 Å². The minimum atomic E-state index is -0.181. The zero-order valence-corrected chi connectivity index (χ0v) is 10.6. The standard InChI is InChI=1S/C14H18FN3/c1-18-13(9-10-5-7-16-8-6-10)17-12-4-2-3-11(15)14(12)18/h2-4,10,16H,5-9H2,1H3. The van der Waals surface area contributed by atoms with Gasteiger partial charge in [-0.25, -0.2) is 9.37 Å². The maximum absolute atomic E-state index is 13.8. The van der Waals surface area contributed by atoms with Gasteiger partial charge >= 0.3 is 0 Å². The molecule has 96 valence electrons. The lowest BCUT2D eigenvalue weighted by molar-refractivity contribution is 0.365. The van der Waals surface area contributed by atoms with Gasteiger partial charge in [0.15, 0.2) is 0 Å². The molecule has 1 aromatic heterocycles. The summed E-state index contributed by atoms with van der Waals surface area (Å²) in [5.74, 6) is 1.49. The van der Waals surface area contributed by atoms with E-state index in [9.17, 15) is 4.39 Å². The van der Waals surface area contributed by atoms with Crippen molar-refractivity contribution in [2.24, 2.45) is 13.0 Å². The van der Waals surface area contributed by atoms with E-state index < -0.39 is 0 Å². The molecular weight excluding hydrogens is 229 g/mol. The van der Waals surface area contributed by atoms with Crippen molar-refractivity contribution in [1.82, 2.24) is 14.9 Å². The third-order valence-electron chi connectivity index (χ3n) is 3.87. The first kappa shape index (κ1) is 11.7. The van der Waals surface area contributed by atoms with Gasteiger partial charge in [-0.2, -0.15) is 0 Å². The van der Waals surface area contributed by atoms with Crippen LogP contribution in [0.15, 0.2) is 18.2 Å². The van der Waals surface area contributed by atoms with Crippen LogP contribution in [0.1, 0.15) is 18.7 Å². The van der Waals surface area contributed by atoms with Crippen molar-refractivity contribution in [3.8, 4) is 0 Å². The monoisotopic (exact) mass is 247 g/mol. The average molecular weight is 247 g/mol. The number of nitrogens with zero attached hydrogens (tertiary/aromatic N) is 2. The van der Waals surface area contributed by atoms with E-state index >= 15 is 0 Å². The van der Waals surface area contributed by atoms with Crippen LogP contribution in [0.2, 0.25) is 0 Å². The summed E-state index contributed by atoms with van der Waals surface area (Å²) in [4.78, 5) is 4.57. The summed E-state index contributed by atoms with van der Waals surface area (Å²) in [5.41, 5.74) is 1.39. The topological polar surface area (TPSA) is 29.9 Å². The van der Waals surface area contributed by atoms with Gasteiger partial charge in [0.05, 0.1) is 5.52 Å². The van der Waals surface area contributed by atoms with Crippen LogP contribution < -0.4 is 5.32 Å². The number of piperidine rings is 1. The second kappa shape index (κ2) is 4.69. The third-order valence-corrected chi connectivity index (χ3v) is 3.87. The molecule has 0 spiro atoms. The van der Waals surface area contributed by atoms with Gasteiger partial charge in [-0.1, -0.05) is 6.07 Å². The Balaban J connectivity index is 1.92. The Morgan fingerprint density at radius 3 is 2.89 bits per heavy atom. The smallest absolute Gasteiger partial charge is 0.149 e. The molecule has 18 heavy (non-hydrogen) atoms. The molecule has 1 N–H and O–H groups in total. The first-order chi connectivity index (χ1) is 8.75. The van der Waals surface area contributed by atoms with Gasteiger partial charge in [0.2, 0.25) is 0 Å². The van der Waals surface area contributed by atoms with E-state index in [1.54, 1.807) is 6.07 Å². The number of imidazole rings is 1. The first-order valence-corrected chi connectivity index (χ1v) is 6.56. The summed E-state index contributed by atoms with van der Waals surface area (Å²) < 4.78 is 15.7. The zero-order valence-electron chi connectivity index (χ0n) is 10.6. The second-order valence-corrected chi connectivity index (χ2v) is 5.09. The van der Waals surface area contributed by atoms with Gasteiger partial charge in [0, 0.05) is 13.5 Å². The molecule has 0 saturated carbocycles. The van der Waals surface area contributed by atoms with Crippen LogP contribution >= 0.6 is 0 Å². The number of benzene rings is 1. The molecule has 4 heteroatoms. The lowest BCUT2D eigenvalue weighted by Crippen LogP contribution is -2.29. The van der Waals surface area contributed by atoms with Gasteiger partial charge < -0.3 is 9.88 Å². The Morgan fingerprint density at radius 1 is 1.39 bits per heavy atom. The van der Waals surface area contributed by atoms with Gasteiger partial charge in [-0.3, -0.25) is 0 Å². The molecule has 2 heterocycles. The predicted octanol–water partition coefficient (Wildman–Crippen LogP) is 2.25.